The van der Waals surface area contributed by atoms with Gasteiger partial charge < -0.3 is 10.5 Å². The third-order valence-electron chi connectivity index (χ3n) is 2.68. The molecule has 0 saturated carbocycles. The first-order chi connectivity index (χ1) is 5.77. The number of rotatable bonds is 4. The average molecular weight is 172 g/mol. The van der Waals surface area contributed by atoms with Crippen LogP contribution in [0.2, 0.25) is 0 Å². The summed E-state index contributed by atoms with van der Waals surface area (Å²) >= 11 is 0. The summed E-state index contributed by atoms with van der Waals surface area (Å²) in [4.78, 5) is 2.46. The van der Waals surface area contributed by atoms with Crippen molar-refractivity contribution in [2.45, 2.75) is 19.4 Å². The van der Waals surface area contributed by atoms with E-state index in [4.69, 9.17) is 10.5 Å². The van der Waals surface area contributed by atoms with E-state index in [-0.39, 0.29) is 0 Å². The van der Waals surface area contributed by atoms with Gasteiger partial charge in [-0.3, -0.25) is 4.90 Å². The Morgan fingerprint density at radius 3 is 2.92 bits per heavy atom. The highest BCUT2D eigenvalue weighted by Crippen LogP contribution is 2.17. The van der Waals surface area contributed by atoms with Crippen LogP contribution in [0.5, 0.6) is 0 Å². The van der Waals surface area contributed by atoms with Crippen LogP contribution in [0.1, 0.15) is 13.3 Å². The quantitative estimate of drug-likeness (QED) is 0.663. The van der Waals surface area contributed by atoms with Gasteiger partial charge in [-0.1, -0.05) is 0 Å². The maximum absolute atomic E-state index is 5.61. The summed E-state index contributed by atoms with van der Waals surface area (Å²) < 4.78 is 5.11. The molecule has 0 amide bonds. The first-order valence-corrected chi connectivity index (χ1v) is 4.71. The van der Waals surface area contributed by atoms with Gasteiger partial charge in [-0.25, -0.2) is 0 Å². The lowest BCUT2D eigenvalue weighted by atomic mass is 10.1. The Morgan fingerprint density at radius 2 is 2.42 bits per heavy atom. The van der Waals surface area contributed by atoms with E-state index in [0.717, 1.165) is 19.7 Å². The average Bonchev–Trinajstić information content (AvgIpc) is 2.52. The third kappa shape index (κ3) is 2.44. The molecule has 72 valence electrons. The Balaban J connectivity index is 2.25. The van der Waals surface area contributed by atoms with E-state index < -0.39 is 0 Å². The SMILES string of the molecule is COCC(C)N1CCC(CN)C1. The van der Waals surface area contributed by atoms with Gasteiger partial charge in [0.05, 0.1) is 6.61 Å². The van der Waals surface area contributed by atoms with E-state index in [1.807, 2.05) is 0 Å². The van der Waals surface area contributed by atoms with E-state index in [1.165, 1.54) is 13.0 Å². The van der Waals surface area contributed by atoms with Crippen LogP contribution in [0, 0.1) is 5.92 Å². The number of methoxy groups -OCH3 is 1. The fraction of sp³-hybridized carbons (Fsp3) is 1.00. The van der Waals surface area contributed by atoms with E-state index in [1.54, 1.807) is 7.11 Å². The molecule has 12 heavy (non-hydrogen) atoms. The minimum Gasteiger partial charge on any atom is -0.383 e. The van der Waals surface area contributed by atoms with E-state index in [0.29, 0.717) is 12.0 Å². The summed E-state index contributed by atoms with van der Waals surface area (Å²) in [5, 5.41) is 0. The Bertz CT molecular complexity index is 130. The Kier molecular flexibility index (Phi) is 3.98. The number of nitrogens with two attached hydrogens (primary N) is 1. The van der Waals surface area contributed by atoms with Gasteiger partial charge in [0.2, 0.25) is 0 Å². The zero-order chi connectivity index (χ0) is 8.97. The molecule has 0 aromatic rings. The normalized spacial score (nSPS) is 27.8. The molecule has 3 heteroatoms. The first kappa shape index (κ1) is 9.96. The molecule has 2 unspecified atom stereocenters. The van der Waals surface area contributed by atoms with Crippen molar-refractivity contribution in [2.24, 2.45) is 11.7 Å². The van der Waals surface area contributed by atoms with Crippen molar-refractivity contribution >= 4 is 0 Å². The van der Waals surface area contributed by atoms with Crippen molar-refractivity contribution < 1.29 is 4.74 Å². The Hall–Kier alpha value is -0.120. The molecule has 1 saturated heterocycles. The van der Waals surface area contributed by atoms with Gasteiger partial charge in [-0.2, -0.15) is 0 Å². The monoisotopic (exact) mass is 172 g/mol. The van der Waals surface area contributed by atoms with E-state index >= 15 is 0 Å². The van der Waals surface area contributed by atoms with Crippen molar-refractivity contribution in [3.63, 3.8) is 0 Å². The maximum atomic E-state index is 5.61. The van der Waals surface area contributed by atoms with Gasteiger partial charge in [-0.15, -0.1) is 0 Å². The minimum atomic E-state index is 0.548. The molecule has 0 bridgehead atoms. The summed E-state index contributed by atoms with van der Waals surface area (Å²) in [6, 6.07) is 0.548. The van der Waals surface area contributed by atoms with Gasteiger partial charge in [0.1, 0.15) is 0 Å². The number of hydrogen-bond donors (Lipinski definition) is 1. The molecule has 3 nitrogen and oxygen atoms in total. The molecule has 1 rings (SSSR count). The van der Waals surface area contributed by atoms with Gasteiger partial charge in [0.25, 0.3) is 0 Å². The number of hydrogen-bond acceptors (Lipinski definition) is 3. The van der Waals surface area contributed by atoms with Gasteiger partial charge in [0.15, 0.2) is 0 Å². The summed E-state index contributed by atoms with van der Waals surface area (Å²) in [7, 11) is 1.76. The van der Waals surface area contributed by atoms with Crippen molar-refractivity contribution in [1.82, 2.24) is 4.90 Å². The summed E-state index contributed by atoms with van der Waals surface area (Å²) in [5.41, 5.74) is 5.61. The molecule has 0 spiro atoms. The molecular formula is C9H20N2O. The van der Waals surface area contributed by atoms with Crippen LogP contribution < -0.4 is 5.73 Å². The molecule has 0 aliphatic carbocycles. The molecule has 1 aliphatic rings. The van der Waals surface area contributed by atoms with Crippen LogP contribution in [-0.4, -0.2) is 44.3 Å². The number of nitrogens with zero attached hydrogens (tertiary/aromatic N) is 1. The predicted octanol–water partition coefficient (Wildman–Crippen LogP) is 0.302. The van der Waals surface area contributed by atoms with Gasteiger partial charge in [0, 0.05) is 19.7 Å². The Labute approximate surface area is 74.9 Å². The van der Waals surface area contributed by atoms with Crippen molar-refractivity contribution in [3.8, 4) is 0 Å². The van der Waals surface area contributed by atoms with E-state index in [9.17, 15) is 0 Å². The van der Waals surface area contributed by atoms with Crippen LogP contribution in [0.3, 0.4) is 0 Å². The van der Waals surface area contributed by atoms with Crippen molar-refractivity contribution in [3.05, 3.63) is 0 Å². The fourth-order valence-electron chi connectivity index (χ4n) is 1.80. The molecular weight excluding hydrogens is 152 g/mol. The summed E-state index contributed by atoms with van der Waals surface area (Å²) in [6.07, 6.45) is 1.25. The molecule has 0 aromatic heterocycles. The minimum absolute atomic E-state index is 0.548. The highest BCUT2D eigenvalue weighted by Gasteiger charge is 2.24. The molecule has 2 N–H and O–H groups in total. The van der Waals surface area contributed by atoms with Gasteiger partial charge in [-0.05, 0) is 32.4 Å². The topological polar surface area (TPSA) is 38.5 Å². The third-order valence-corrected chi connectivity index (χ3v) is 2.68. The van der Waals surface area contributed by atoms with Crippen LogP contribution in [0.25, 0.3) is 0 Å². The van der Waals surface area contributed by atoms with Gasteiger partial charge >= 0.3 is 0 Å². The van der Waals surface area contributed by atoms with Crippen LogP contribution >= 0.6 is 0 Å². The molecule has 0 radical (unpaired) electrons. The largest absolute Gasteiger partial charge is 0.383 e. The van der Waals surface area contributed by atoms with Crippen LogP contribution in [-0.2, 0) is 4.74 Å². The van der Waals surface area contributed by atoms with E-state index in [2.05, 4.69) is 11.8 Å². The standard InChI is InChI=1S/C9H20N2O/c1-8(7-12-2)11-4-3-9(5-10)6-11/h8-9H,3-7,10H2,1-2H3. The molecule has 1 heterocycles. The van der Waals surface area contributed by atoms with Crippen molar-refractivity contribution in [2.75, 3.05) is 33.4 Å². The zero-order valence-corrected chi connectivity index (χ0v) is 8.12. The summed E-state index contributed by atoms with van der Waals surface area (Å²) in [6.45, 7) is 6.21. The second-order valence-electron chi connectivity index (χ2n) is 3.69. The smallest absolute Gasteiger partial charge is 0.0615 e. The van der Waals surface area contributed by atoms with Crippen molar-refractivity contribution in [1.29, 1.82) is 0 Å². The maximum Gasteiger partial charge on any atom is 0.0615 e. The molecule has 2 atom stereocenters. The lowest BCUT2D eigenvalue weighted by molar-refractivity contribution is 0.112. The fourth-order valence-corrected chi connectivity index (χ4v) is 1.80. The lowest BCUT2D eigenvalue weighted by Crippen LogP contribution is -2.34. The molecule has 0 aromatic carbocycles. The number of ether oxygens (including phenoxy) is 1. The first-order valence-electron chi connectivity index (χ1n) is 4.71. The second kappa shape index (κ2) is 4.80. The second-order valence-corrected chi connectivity index (χ2v) is 3.69. The molecule has 1 aliphatic heterocycles. The molecule has 1 fully saturated rings. The zero-order valence-electron chi connectivity index (χ0n) is 8.12. The number of likely N-dealkylation sites (tertiary alicyclic amines) is 1. The highest BCUT2D eigenvalue weighted by atomic mass is 16.5. The van der Waals surface area contributed by atoms with Crippen LogP contribution in [0.15, 0.2) is 0 Å². The lowest BCUT2D eigenvalue weighted by Gasteiger charge is -2.23. The Morgan fingerprint density at radius 1 is 1.67 bits per heavy atom. The predicted molar refractivity (Wildman–Crippen MR) is 50.1 cm³/mol. The van der Waals surface area contributed by atoms with Crippen LogP contribution in [0.4, 0.5) is 0 Å². The highest BCUT2D eigenvalue weighted by molar-refractivity contribution is 4.79. The summed E-state index contributed by atoms with van der Waals surface area (Å²) in [5.74, 6) is 0.712.